The number of rotatable bonds is 7. The molecule has 1 nitrogen and oxygen atoms in total. The fourth-order valence-corrected chi connectivity index (χ4v) is 11.4. The van der Waals surface area contributed by atoms with Crippen LogP contribution >= 0.6 is 11.3 Å². The molecule has 0 saturated heterocycles. The highest BCUT2D eigenvalue weighted by atomic mass is 32.1. The SMILES string of the molecule is c1ccc(-c2ccc(N(c3ccc(-c4cccc5ccccc45)cc3)c3cccc4c3-c3ccccc3C4(c3ccccc3)c3ccccc3)c3c2sc2ccccc23)cc1. The van der Waals surface area contributed by atoms with Gasteiger partial charge in [0.2, 0.25) is 0 Å². The van der Waals surface area contributed by atoms with Crippen LogP contribution in [0.3, 0.4) is 0 Å². The summed E-state index contributed by atoms with van der Waals surface area (Å²) in [5.74, 6) is 0. The Morgan fingerprint density at radius 1 is 0.361 bits per heavy atom. The van der Waals surface area contributed by atoms with E-state index in [4.69, 9.17) is 0 Å². The van der Waals surface area contributed by atoms with Crippen LogP contribution in [0.4, 0.5) is 17.1 Å². The van der Waals surface area contributed by atoms with Crippen molar-refractivity contribution in [3.8, 4) is 33.4 Å². The average molecular weight is 794 g/mol. The number of fused-ring (bicyclic) bond motifs is 7. The molecule has 0 fully saturated rings. The van der Waals surface area contributed by atoms with Gasteiger partial charge in [-0.15, -0.1) is 11.3 Å². The second-order valence-corrected chi connectivity index (χ2v) is 17.0. The van der Waals surface area contributed by atoms with Crippen molar-refractivity contribution in [1.29, 1.82) is 0 Å². The summed E-state index contributed by atoms with van der Waals surface area (Å²) in [5, 5.41) is 5.04. The zero-order valence-corrected chi connectivity index (χ0v) is 34.2. The normalized spacial score (nSPS) is 12.7. The first-order valence-electron chi connectivity index (χ1n) is 21.0. The van der Waals surface area contributed by atoms with E-state index in [-0.39, 0.29) is 0 Å². The summed E-state index contributed by atoms with van der Waals surface area (Å²) in [6, 6.07) is 87.3. The lowest BCUT2D eigenvalue weighted by molar-refractivity contribution is 0.768. The summed E-state index contributed by atoms with van der Waals surface area (Å²) in [6.45, 7) is 0. The van der Waals surface area contributed by atoms with Crippen molar-refractivity contribution in [3.63, 3.8) is 0 Å². The molecule has 10 aromatic carbocycles. The van der Waals surface area contributed by atoms with Crippen LogP contribution in [0, 0.1) is 0 Å². The Bertz CT molecular complexity index is 3360. The number of benzene rings is 10. The third kappa shape index (κ3) is 5.46. The summed E-state index contributed by atoms with van der Waals surface area (Å²) in [6.07, 6.45) is 0. The Morgan fingerprint density at radius 3 is 1.70 bits per heavy atom. The molecule has 0 radical (unpaired) electrons. The van der Waals surface area contributed by atoms with Crippen molar-refractivity contribution in [2.75, 3.05) is 4.90 Å². The van der Waals surface area contributed by atoms with Gasteiger partial charge in [0.05, 0.1) is 16.8 Å². The van der Waals surface area contributed by atoms with Gasteiger partial charge in [-0.3, -0.25) is 0 Å². The third-order valence-corrected chi connectivity index (χ3v) is 14.0. The van der Waals surface area contributed by atoms with Crippen LogP contribution in [-0.4, -0.2) is 0 Å². The number of anilines is 3. The van der Waals surface area contributed by atoms with E-state index in [0.717, 1.165) is 17.1 Å². The minimum Gasteiger partial charge on any atom is -0.309 e. The number of thiophene rings is 1. The van der Waals surface area contributed by atoms with Crippen molar-refractivity contribution >= 4 is 59.3 Å². The molecule has 1 aliphatic carbocycles. The third-order valence-electron chi connectivity index (χ3n) is 12.8. The fraction of sp³-hybridized carbons (Fsp3) is 0.0169. The molecular weight excluding hydrogens is 755 g/mol. The van der Waals surface area contributed by atoms with Crippen molar-refractivity contribution in [2.24, 2.45) is 0 Å². The van der Waals surface area contributed by atoms with Gasteiger partial charge < -0.3 is 4.90 Å². The summed E-state index contributed by atoms with van der Waals surface area (Å²) in [7, 11) is 0. The molecule has 0 atom stereocenters. The number of nitrogens with zero attached hydrogens (tertiary/aromatic N) is 1. The minimum atomic E-state index is -0.518. The van der Waals surface area contributed by atoms with Crippen LogP contribution in [-0.2, 0) is 5.41 Å². The van der Waals surface area contributed by atoms with Crippen LogP contribution < -0.4 is 4.90 Å². The second-order valence-electron chi connectivity index (χ2n) is 15.9. The standard InChI is InChI=1S/C59H39NS/c1-4-18-41(19-5-1)48-38-39-54(57-50-28-13-15-33-55(50)61-58(48)57)60(45-36-34-42(35-37-45)47-29-16-21-40-20-10-11-26-46(40)47)53-32-17-31-52-56(53)49-27-12-14-30-51(49)59(52,43-22-6-2-7-23-43)44-24-8-3-9-25-44/h1-39H. The molecule has 0 saturated carbocycles. The molecule has 0 amide bonds. The fourth-order valence-electron chi connectivity index (χ4n) is 10.2. The molecule has 61 heavy (non-hydrogen) atoms. The van der Waals surface area contributed by atoms with E-state index < -0.39 is 5.41 Å². The van der Waals surface area contributed by atoms with Gasteiger partial charge in [0.15, 0.2) is 0 Å². The first kappa shape index (κ1) is 35.4. The topological polar surface area (TPSA) is 3.24 Å². The Labute approximate surface area is 360 Å². The van der Waals surface area contributed by atoms with E-state index in [1.807, 2.05) is 11.3 Å². The first-order valence-corrected chi connectivity index (χ1v) is 21.8. The van der Waals surface area contributed by atoms with E-state index in [0.29, 0.717) is 0 Å². The Morgan fingerprint density at radius 2 is 0.934 bits per heavy atom. The van der Waals surface area contributed by atoms with Crippen LogP contribution in [0.2, 0.25) is 0 Å². The van der Waals surface area contributed by atoms with Crippen LogP contribution in [0.15, 0.2) is 237 Å². The van der Waals surface area contributed by atoms with E-state index in [1.165, 1.54) is 86.6 Å². The van der Waals surface area contributed by atoms with Gasteiger partial charge in [0.1, 0.15) is 0 Å². The monoisotopic (exact) mass is 793 g/mol. The largest absolute Gasteiger partial charge is 0.309 e. The molecule has 12 rings (SSSR count). The van der Waals surface area contributed by atoms with Gasteiger partial charge in [-0.2, -0.15) is 0 Å². The molecule has 1 heterocycles. The van der Waals surface area contributed by atoms with Crippen molar-refractivity contribution in [3.05, 3.63) is 259 Å². The van der Waals surface area contributed by atoms with E-state index in [2.05, 4.69) is 241 Å². The van der Waals surface area contributed by atoms with Crippen molar-refractivity contribution in [1.82, 2.24) is 0 Å². The van der Waals surface area contributed by atoms with Crippen LogP contribution in [0.5, 0.6) is 0 Å². The number of hydrogen-bond acceptors (Lipinski definition) is 2. The summed E-state index contributed by atoms with van der Waals surface area (Å²) < 4.78 is 2.57. The smallest absolute Gasteiger partial charge is 0.0714 e. The Kier molecular flexibility index (Phi) is 8.33. The molecule has 11 aromatic rings. The highest BCUT2D eigenvalue weighted by molar-refractivity contribution is 7.26. The highest BCUT2D eigenvalue weighted by Gasteiger charge is 2.47. The van der Waals surface area contributed by atoms with Gasteiger partial charge in [-0.05, 0) is 91.2 Å². The van der Waals surface area contributed by atoms with E-state index >= 15 is 0 Å². The lowest BCUT2D eigenvalue weighted by Crippen LogP contribution is -2.28. The molecule has 0 spiro atoms. The lowest BCUT2D eigenvalue weighted by atomic mass is 9.68. The zero-order valence-electron chi connectivity index (χ0n) is 33.4. The average Bonchev–Trinajstić information content (AvgIpc) is 3.88. The second kappa shape index (κ2) is 14.3. The summed E-state index contributed by atoms with van der Waals surface area (Å²) in [4.78, 5) is 2.55. The van der Waals surface area contributed by atoms with Gasteiger partial charge in [0, 0.05) is 31.4 Å². The molecule has 0 aliphatic heterocycles. The minimum absolute atomic E-state index is 0.518. The Balaban J connectivity index is 1.17. The maximum absolute atomic E-state index is 2.55. The molecular formula is C59H39NS. The Hall–Kier alpha value is -7.52. The van der Waals surface area contributed by atoms with Crippen molar-refractivity contribution < 1.29 is 0 Å². The first-order chi connectivity index (χ1) is 30.3. The molecule has 0 N–H and O–H groups in total. The predicted octanol–water partition coefficient (Wildman–Crippen LogP) is 16.4. The maximum atomic E-state index is 2.55. The highest BCUT2D eigenvalue weighted by Crippen LogP contribution is 2.60. The van der Waals surface area contributed by atoms with Gasteiger partial charge in [-0.1, -0.05) is 206 Å². The molecule has 286 valence electrons. The molecule has 1 aliphatic rings. The van der Waals surface area contributed by atoms with Crippen molar-refractivity contribution in [2.45, 2.75) is 5.41 Å². The predicted molar refractivity (Wildman–Crippen MR) is 260 cm³/mol. The molecule has 0 unspecified atom stereocenters. The van der Waals surface area contributed by atoms with Gasteiger partial charge in [0.25, 0.3) is 0 Å². The molecule has 1 aromatic heterocycles. The zero-order chi connectivity index (χ0) is 40.3. The lowest BCUT2D eigenvalue weighted by Gasteiger charge is -2.34. The van der Waals surface area contributed by atoms with Crippen LogP contribution in [0.1, 0.15) is 22.3 Å². The summed E-state index contributed by atoms with van der Waals surface area (Å²) >= 11 is 1.89. The van der Waals surface area contributed by atoms with Gasteiger partial charge >= 0.3 is 0 Å². The molecule has 2 heteroatoms. The quantitative estimate of drug-likeness (QED) is 0.155. The van der Waals surface area contributed by atoms with Crippen LogP contribution in [0.25, 0.3) is 64.3 Å². The van der Waals surface area contributed by atoms with E-state index in [9.17, 15) is 0 Å². The number of hydrogen-bond donors (Lipinski definition) is 0. The van der Waals surface area contributed by atoms with E-state index in [1.54, 1.807) is 0 Å². The van der Waals surface area contributed by atoms with Gasteiger partial charge in [-0.25, -0.2) is 0 Å². The summed E-state index contributed by atoms with van der Waals surface area (Å²) in [5.41, 5.74) is 15.4. The maximum Gasteiger partial charge on any atom is 0.0714 e. The molecule has 0 bridgehead atoms.